The molecule has 0 amide bonds. The molecule has 0 saturated heterocycles. The molecule has 0 aliphatic heterocycles. The van der Waals surface area contributed by atoms with Crippen molar-refractivity contribution in [2.75, 3.05) is 11.9 Å². The van der Waals surface area contributed by atoms with Gasteiger partial charge in [0.1, 0.15) is 0 Å². The summed E-state index contributed by atoms with van der Waals surface area (Å²) < 4.78 is 2.26. The third-order valence-electron chi connectivity index (χ3n) is 2.90. The lowest BCUT2D eigenvalue weighted by Gasteiger charge is -2.16. The smallest absolute Gasteiger partial charge is 0.203 e. The van der Waals surface area contributed by atoms with Crippen LogP contribution in [0.3, 0.4) is 0 Å². The van der Waals surface area contributed by atoms with Crippen LogP contribution in [0.5, 0.6) is 0 Å². The second-order valence-corrected chi connectivity index (χ2v) is 4.43. The van der Waals surface area contributed by atoms with Crippen molar-refractivity contribution in [3.05, 3.63) is 12.4 Å². The number of aromatic nitrogens is 2. The zero-order valence-corrected chi connectivity index (χ0v) is 10.9. The summed E-state index contributed by atoms with van der Waals surface area (Å²) in [7, 11) is 0. The van der Waals surface area contributed by atoms with Crippen molar-refractivity contribution in [3.8, 4) is 0 Å². The number of unbranched alkanes of at least 4 members (excludes halogenated alkanes) is 2. The highest BCUT2D eigenvalue weighted by Crippen LogP contribution is 2.19. The SMILES string of the molecule is CCCCCC(C)n1ccnc1NCCC. The van der Waals surface area contributed by atoms with Crippen molar-refractivity contribution < 1.29 is 0 Å². The van der Waals surface area contributed by atoms with E-state index in [0.717, 1.165) is 18.9 Å². The molecule has 0 aliphatic carbocycles. The van der Waals surface area contributed by atoms with E-state index < -0.39 is 0 Å². The van der Waals surface area contributed by atoms with E-state index in [2.05, 4.69) is 41.8 Å². The van der Waals surface area contributed by atoms with E-state index in [0.29, 0.717) is 6.04 Å². The number of imidazole rings is 1. The van der Waals surface area contributed by atoms with Gasteiger partial charge in [0.2, 0.25) is 5.95 Å². The van der Waals surface area contributed by atoms with Gasteiger partial charge in [0.15, 0.2) is 0 Å². The number of anilines is 1. The number of nitrogens with one attached hydrogen (secondary N) is 1. The lowest BCUT2D eigenvalue weighted by atomic mass is 10.1. The second kappa shape index (κ2) is 7.31. The van der Waals surface area contributed by atoms with E-state index in [1.807, 2.05) is 6.20 Å². The standard InChI is InChI=1S/C13H25N3/c1-4-6-7-8-12(3)16-11-10-15-13(16)14-9-5-2/h10-12H,4-9H2,1-3H3,(H,14,15). The van der Waals surface area contributed by atoms with Gasteiger partial charge in [-0.2, -0.15) is 0 Å². The molecule has 0 bridgehead atoms. The van der Waals surface area contributed by atoms with Crippen molar-refractivity contribution >= 4 is 5.95 Å². The number of hydrogen-bond acceptors (Lipinski definition) is 2. The maximum absolute atomic E-state index is 4.35. The van der Waals surface area contributed by atoms with E-state index in [9.17, 15) is 0 Å². The van der Waals surface area contributed by atoms with Crippen LogP contribution in [-0.4, -0.2) is 16.1 Å². The number of hydrogen-bond donors (Lipinski definition) is 1. The molecular weight excluding hydrogens is 198 g/mol. The van der Waals surface area contributed by atoms with Crippen LogP contribution in [0, 0.1) is 0 Å². The predicted molar refractivity (Wildman–Crippen MR) is 69.9 cm³/mol. The predicted octanol–water partition coefficient (Wildman–Crippen LogP) is 3.85. The summed E-state index contributed by atoms with van der Waals surface area (Å²) in [6, 6.07) is 0.549. The van der Waals surface area contributed by atoms with Gasteiger partial charge in [0.25, 0.3) is 0 Å². The van der Waals surface area contributed by atoms with Gasteiger partial charge < -0.3 is 9.88 Å². The van der Waals surface area contributed by atoms with Crippen LogP contribution in [0.15, 0.2) is 12.4 Å². The number of rotatable bonds is 8. The molecule has 0 radical (unpaired) electrons. The van der Waals surface area contributed by atoms with Crippen LogP contribution in [-0.2, 0) is 0 Å². The maximum Gasteiger partial charge on any atom is 0.203 e. The normalized spacial score (nSPS) is 12.7. The first-order valence-corrected chi connectivity index (χ1v) is 6.56. The van der Waals surface area contributed by atoms with Crippen molar-refractivity contribution in [2.24, 2.45) is 0 Å². The minimum absolute atomic E-state index is 0.549. The first-order chi connectivity index (χ1) is 7.79. The summed E-state index contributed by atoms with van der Waals surface area (Å²) in [5, 5.41) is 3.37. The van der Waals surface area contributed by atoms with Crippen molar-refractivity contribution in [3.63, 3.8) is 0 Å². The van der Waals surface area contributed by atoms with Crippen molar-refractivity contribution in [1.29, 1.82) is 0 Å². The van der Waals surface area contributed by atoms with Gasteiger partial charge in [0.05, 0.1) is 0 Å². The number of nitrogens with zero attached hydrogens (tertiary/aromatic N) is 2. The summed E-state index contributed by atoms with van der Waals surface area (Å²) in [6.07, 6.45) is 10.3. The molecule has 1 aromatic heterocycles. The Kier molecular flexibility index (Phi) is 5.98. The Hall–Kier alpha value is -0.990. The van der Waals surface area contributed by atoms with Gasteiger partial charge in [-0.3, -0.25) is 0 Å². The molecule has 16 heavy (non-hydrogen) atoms. The fourth-order valence-electron chi connectivity index (χ4n) is 1.87. The molecule has 1 aromatic rings. The van der Waals surface area contributed by atoms with Crippen LogP contribution >= 0.6 is 0 Å². The molecule has 1 unspecified atom stereocenters. The Morgan fingerprint density at radius 2 is 2.12 bits per heavy atom. The summed E-state index contributed by atoms with van der Waals surface area (Å²) >= 11 is 0. The molecule has 1 atom stereocenters. The Morgan fingerprint density at radius 3 is 2.81 bits per heavy atom. The van der Waals surface area contributed by atoms with Crippen LogP contribution in [0.4, 0.5) is 5.95 Å². The van der Waals surface area contributed by atoms with Crippen LogP contribution in [0.25, 0.3) is 0 Å². The zero-order chi connectivity index (χ0) is 11.8. The topological polar surface area (TPSA) is 29.9 Å². The molecule has 3 heteroatoms. The van der Waals surface area contributed by atoms with Gasteiger partial charge in [-0.1, -0.05) is 33.1 Å². The van der Waals surface area contributed by atoms with Crippen molar-refractivity contribution in [2.45, 2.75) is 58.9 Å². The lowest BCUT2D eigenvalue weighted by Crippen LogP contribution is -2.11. The first kappa shape index (κ1) is 13.1. The van der Waals surface area contributed by atoms with E-state index in [1.54, 1.807) is 0 Å². The van der Waals surface area contributed by atoms with E-state index in [-0.39, 0.29) is 0 Å². The summed E-state index contributed by atoms with van der Waals surface area (Å²) in [6.45, 7) is 7.69. The molecule has 0 aliphatic rings. The van der Waals surface area contributed by atoms with Gasteiger partial charge in [-0.25, -0.2) is 4.98 Å². The highest BCUT2D eigenvalue weighted by atomic mass is 15.2. The van der Waals surface area contributed by atoms with Gasteiger partial charge >= 0.3 is 0 Å². The Labute approximate surface area is 99.3 Å². The summed E-state index contributed by atoms with van der Waals surface area (Å²) in [4.78, 5) is 4.35. The Balaban J connectivity index is 2.46. The quantitative estimate of drug-likeness (QED) is 0.678. The minimum atomic E-state index is 0.549. The van der Waals surface area contributed by atoms with Crippen molar-refractivity contribution in [1.82, 2.24) is 9.55 Å². The third-order valence-corrected chi connectivity index (χ3v) is 2.90. The molecule has 3 nitrogen and oxygen atoms in total. The highest BCUT2D eigenvalue weighted by Gasteiger charge is 2.08. The van der Waals surface area contributed by atoms with Crippen LogP contribution in [0.1, 0.15) is 58.9 Å². The molecular formula is C13H25N3. The fourth-order valence-corrected chi connectivity index (χ4v) is 1.87. The average Bonchev–Trinajstić information content (AvgIpc) is 2.74. The van der Waals surface area contributed by atoms with E-state index in [4.69, 9.17) is 0 Å². The molecule has 0 saturated carbocycles. The monoisotopic (exact) mass is 223 g/mol. The lowest BCUT2D eigenvalue weighted by molar-refractivity contribution is 0.480. The molecule has 92 valence electrons. The summed E-state index contributed by atoms with van der Waals surface area (Å²) in [5.74, 6) is 1.02. The molecule has 1 N–H and O–H groups in total. The van der Waals surface area contributed by atoms with Gasteiger partial charge in [-0.15, -0.1) is 0 Å². The van der Waals surface area contributed by atoms with E-state index in [1.165, 1.54) is 25.7 Å². The molecule has 1 rings (SSSR count). The molecule has 1 heterocycles. The zero-order valence-electron chi connectivity index (χ0n) is 10.9. The Morgan fingerprint density at radius 1 is 1.31 bits per heavy atom. The third kappa shape index (κ3) is 3.87. The second-order valence-electron chi connectivity index (χ2n) is 4.43. The fraction of sp³-hybridized carbons (Fsp3) is 0.769. The first-order valence-electron chi connectivity index (χ1n) is 6.56. The molecule has 0 aromatic carbocycles. The maximum atomic E-state index is 4.35. The van der Waals surface area contributed by atoms with Crippen LogP contribution < -0.4 is 5.32 Å². The molecule has 0 fully saturated rings. The minimum Gasteiger partial charge on any atom is -0.356 e. The average molecular weight is 223 g/mol. The van der Waals surface area contributed by atoms with Gasteiger partial charge in [-0.05, 0) is 19.8 Å². The Bertz CT molecular complexity index is 280. The molecule has 0 spiro atoms. The summed E-state index contributed by atoms with van der Waals surface area (Å²) in [5.41, 5.74) is 0. The van der Waals surface area contributed by atoms with Gasteiger partial charge in [0, 0.05) is 25.0 Å². The van der Waals surface area contributed by atoms with E-state index >= 15 is 0 Å². The van der Waals surface area contributed by atoms with Crippen LogP contribution in [0.2, 0.25) is 0 Å². The largest absolute Gasteiger partial charge is 0.356 e. The highest BCUT2D eigenvalue weighted by molar-refractivity contribution is 5.26.